The first-order valence-electron chi connectivity index (χ1n) is 9.69. The molecule has 0 bridgehead atoms. The van der Waals surface area contributed by atoms with E-state index in [1.54, 1.807) is 6.08 Å². The van der Waals surface area contributed by atoms with Gasteiger partial charge in [0.05, 0.1) is 12.3 Å². The number of esters is 1. The lowest BCUT2D eigenvalue weighted by molar-refractivity contribution is -0.211. The summed E-state index contributed by atoms with van der Waals surface area (Å²) in [5.41, 5.74) is 1.09. The molecule has 1 aromatic rings. The van der Waals surface area contributed by atoms with E-state index in [0.717, 1.165) is 24.8 Å². The first-order valence-corrected chi connectivity index (χ1v) is 9.69. The highest BCUT2D eigenvalue weighted by Gasteiger charge is 2.62. The van der Waals surface area contributed by atoms with Crippen molar-refractivity contribution < 1.29 is 23.9 Å². The minimum atomic E-state index is -1.22. The molecule has 0 unspecified atom stereocenters. The summed E-state index contributed by atoms with van der Waals surface area (Å²) in [6.45, 7) is 2.46. The lowest BCUT2D eigenvalue weighted by atomic mass is 9.83. The molecule has 0 N–H and O–H groups in total. The molecule has 0 amide bonds. The molecule has 4 atom stereocenters. The van der Waals surface area contributed by atoms with E-state index >= 15 is 0 Å². The molecule has 5 heteroatoms. The van der Waals surface area contributed by atoms with Crippen LogP contribution in [0.2, 0.25) is 0 Å². The normalized spacial score (nSPS) is 29.5. The van der Waals surface area contributed by atoms with Crippen LogP contribution >= 0.6 is 0 Å². The average molecular weight is 370 g/mol. The zero-order valence-corrected chi connectivity index (χ0v) is 15.6. The Kier molecular flexibility index (Phi) is 6.09. The molecule has 3 rings (SSSR count). The first kappa shape index (κ1) is 19.3. The van der Waals surface area contributed by atoms with Gasteiger partial charge in [-0.1, -0.05) is 56.2 Å². The number of carbonyl (C=O) groups is 3. The van der Waals surface area contributed by atoms with Gasteiger partial charge in [-0.25, -0.2) is 0 Å². The Morgan fingerprint density at radius 3 is 2.78 bits per heavy atom. The van der Waals surface area contributed by atoms with Gasteiger partial charge in [-0.2, -0.15) is 0 Å². The van der Waals surface area contributed by atoms with E-state index in [4.69, 9.17) is 9.47 Å². The molecule has 1 aliphatic carbocycles. The number of benzene rings is 1. The van der Waals surface area contributed by atoms with Crippen LogP contribution in [0.25, 0.3) is 0 Å². The summed E-state index contributed by atoms with van der Waals surface area (Å²) in [6.07, 6.45) is 7.66. The van der Waals surface area contributed by atoms with Crippen LogP contribution < -0.4 is 0 Å². The fourth-order valence-electron chi connectivity index (χ4n) is 4.39. The van der Waals surface area contributed by atoms with Gasteiger partial charge in [-0.05, 0) is 29.9 Å². The Bertz CT molecular complexity index is 711. The third kappa shape index (κ3) is 4.12. The predicted octanol–water partition coefficient (Wildman–Crippen LogP) is 3.93. The van der Waals surface area contributed by atoms with E-state index in [-0.39, 0.29) is 35.9 Å². The number of hydrogen-bond donors (Lipinski definition) is 0. The van der Waals surface area contributed by atoms with Gasteiger partial charge in [-0.3, -0.25) is 14.4 Å². The first-order chi connectivity index (χ1) is 13.1. The summed E-state index contributed by atoms with van der Waals surface area (Å²) in [5.74, 6) is -1.85. The van der Waals surface area contributed by atoms with E-state index in [9.17, 15) is 14.4 Å². The Morgan fingerprint density at radius 1 is 1.30 bits per heavy atom. The van der Waals surface area contributed by atoms with Crippen LogP contribution in [0.3, 0.4) is 0 Å². The van der Waals surface area contributed by atoms with Gasteiger partial charge in [-0.15, -0.1) is 0 Å². The number of hydrogen-bond acceptors (Lipinski definition) is 5. The van der Waals surface area contributed by atoms with Crippen LogP contribution in [0.1, 0.15) is 56.9 Å². The fraction of sp³-hybridized carbons (Fsp3) is 0.500. The van der Waals surface area contributed by atoms with Crippen LogP contribution in [0.15, 0.2) is 42.5 Å². The van der Waals surface area contributed by atoms with Crippen molar-refractivity contribution in [2.24, 2.45) is 11.8 Å². The number of ether oxygens (including phenoxy) is 2. The maximum atomic E-state index is 12.2. The van der Waals surface area contributed by atoms with Gasteiger partial charge in [0.2, 0.25) is 0 Å². The molecule has 0 spiro atoms. The van der Waals surface area contributed by atoms with Crippen molar-refractivity contribution in [2.75, 3.05) is 0 Å². The smallest absolute Gasteiger partial charge is 0.309 e. The van der Waals surface area contributed by atoms with Gasteiger partial charge >= 0.3 is 5.97 Å². The number of rotatable bonds is 9. The molecule has 2 fully saturated rings. The average Bonchev–Trinajstić information content (AvgIpc) is 3.12. The quantitative estimate of drug-likeness (QED) is 0.285. The van der Waals surface area contributed by atoms with E-state index in [0.29, 0.717) is 19.3 Å². The molecular formula is C22H26O5. The summed E-state index contributed by atoms with van der Waals surface area (Å²) >= 11 is 0. The maximum Gasteiger partial charge on any atom is 0.309 e. The largest absolute Gasteiger partial charge is 0.424 e. The van der Waals surface area contributed by atoms with E-state index in [2.05, 4.69) is 6.92 Å². The summed E-state index contributed by atoms with van der Waals surface area (Å²) in [5, 5.41) is 0. The second kappa shape index (κ2) is 8.51. The van der Waals surface area contributed by atoms with Crippen molar-refractivity contribution in [3.63, 3.8) is 0 Å². The minimum Gasteiger partial charge on any atom is -0.424 e. The summed E-state index contributed by atoms with van der Waals surface area (Å²) in [4.78, 5) is 35.2. The van der Waals surface area contributed by atoms with Gasteiger partial charge in [0, 0.05) is 12.8 Å². The molecule has 0 aromatic heterocycles. The van der Waals surface area contributed by atoms with Crippen LogP contribution in [-0.4, -0.2) is 24.0 Å². The monoisotopic (exact) mass is 370 g/mol. The molecule has 5 nitrogen and oxygen atoms in total. The molecule has 27 heavy (non-hydrogen) atoms. The van der Waals surface area contributed by atoms with Crippen LogP contribution in [0.5, 0.6) is 0 Å². The Hall–Kier alpha value is -2.43. The van der Waals surface area contributed by atoms with E-state index in [1.807, 2.05) is 36.4 Å². The van der Waals surface area contributed by atoms with E-state index in [1.165, 1.54) is 0 Å². The molecule has 144 valence electrons. The van der Waals surface area contributed by atoms with Crippen LogP contribution in [0.4, 0.5) is 0 Å². The SMILES string of the molecule is CCCCCC(=O)/C=C/[C@@H]1[C@H](c2ccccc2)C[C@@]2(OC=O)OC(=O)C[C@@H]12. The molecule has 1 aliphatic heterocycles. The zero-order chi connectivity index (χ0) is 19.3. The van der Waals surface area contributed by atoms with Gasteiger partial charge in [0.15, 0.2) is 5.78 Å². The highest BCUT2D eigenvalue weighted by molar-refractivity contribution is 5.89. The predicted molar refractivity (Wildman–Crippen MR) is 99.7 cm³/mol. The fourth-order valence-corrected chi connectivity index (χ4v) is 4.39. The van der Waals surface area contributed by atoms with Crippen molar-refractivity contribution in [3.8, 4) is 0 Å². The van der Waals surface area contributed by atoms with Gasteiger partial charge in [0.25, 0.3) is 12.3 Å². The zero-order valence-electron chi connectivity index (χ0n) is 15.6. The van der Waals surface area contributed by atoms with Gasteiger partial charge < -0.3 is 9.47 Å². The molecular weight excluding hydrogens is 344 g/mol. The number of unbranched alkanes of at least 4 members (excludes halogenated alkanes) is 2. The summed E-state index contributed by atoms with van der Waals surface area (Å²) < 4.78 is 10.8. The molecule has 1 saturated heterocycles. The second-order valence-electron chi connectivity index (χ2n) is 7.39. The highest BCUT2D eigenvalue weighted by atomic mass is 16.7. The molecule has 1 saturated carbocycles. The van der Waals surface area contributed by atoms with Crippen molar-refractivity contribution in [1.82, 2.24) is 0 Å². The number of allylic oxidation sites excluding steroid dienone is 2. The van der Waals surface area contributed by atoms with E-state index < -0.39 is 5.79 Å². The van der Waals surface area contributed by atoms with Crippen molar-refractivity contribution in [3.05, 3.63) is 48.0 Å². The number of ketones is 1. The van der Waals surface area contributed by atoms with Crippen LogP contribution in [0, 0.1) is 11.8 Å². The third-order valence-corrected chi connectivity index (χ3v) is 5.68. The lowest BCUT2D eigenvalue weighted by Crippen LogP contribution is -2.35. The minimum absolute atomic E-state index is 0.0175. The topological polar surface area (TPSA) is 69.7 Å². The van der Waals surface area contributed by atoms with Crippen molar-refractivity contribution in [2.45, 2.75) is 57.2 Å². The second-order valence-corrected chi connectivity index (χ2v) is 7.39. The Morgan fingerprint density at radius 2 is 2.07 bits per heavy atom. The third-order valence-electron chi connectivity index (χ3n) is 5.68. The van der Waals surface area contributed by atoms with Crippen LogP contribution in [-0.2, 0) is 23.9 Å². The standard InChI is InChI=1S/C22H26O5/c1-2-3-5-10-17(24)11-12-18-19(16-8-6-4-7-9-16)14-22(26-15-23)20(18)13-21(25)27-22/h4,6-9,11-12,15,18-20H,2-3,5,10,13-14H2,1H3/b12-11+/t18-,19+,20+,22-/m1/s1. The molecule has 1 aromatic carbocycles. The molecule has 1 heterocycles. The molecule has 0 radical (unpaired) electrons. The number of carbonyl (C=O) groups excluding carboxylic acids is 3. The maximum absolute atomic E-state index is 12.2. The lowest BCUT2D eigenvalue weighted by Gasteiger charge is -2.25. The Labute approximate surface area is 159 Å². The van der Waals surface area contributed by atoms with Crippen molar-refractivity contribution in [1.29, 1.82) is 0 Å². The number of fused-ring (bicyclic) bond motifs is 1. The highest BCUT2D eigenvalue weighted by Crippen LogP contribution is 2.56. The van der Waals surface area contributed by atoms with Gasteiger partial charge in [0.1, 0.15) is 0 Å². The van der Waals surface area contributed by atoms with Crippen molar-refractivity contribution >= 4 is 18.2 Å². The Balaban J connectivity index is 1.85. The molecule has 2 aliphatic rings. The summed E-state index contributed by atoms with van der Waals surface area (Å²) in [7, 11) is 0. The summed E-state index contributed by atoms with van der Waals surface area (Å²) in [6, 6.07) is 9.90.